The SMILES string of the molecule is Cc1cnc(Nc2cc(C#N)c3c(c2)COB3O)nc1N[C@@H]1CCCC[C@H]1C#N. The number of benzene rings is 1. The number of anilines is 3. The molecule has 29 heavy (non-hydrogen) atoms. The number of hydrogen-bond donors (Lipinski definition) is 3. The van der Waals surface area contributed by atoms with Gasteiger partial charge in [0.25, 0.3) is 0 Å². The first-order valence-electron chi connectivity index (χ1n) is 9.72. The zero-order chi connectivity index (χ0) is 20.4. The molecule has 0 unspecified atom stereocenters. The van der Waals surface area contributed by atoms with Crippen molar-refractivity contribution in [3.63, 3.8) is 0 Å². The fraction of sp³-hybridized carbons (Fsp3) is 0.400. The molecule has 2 atom stereocenters. The molecule has 2 aliphatic rings. The summed E-state index contributed by atoms with van der Waals surface area (Å²) >= 11 is 0. The lowest BCUT2D eigenvalue weighted by Crippen LogP contribution is -2.32. The summed E-state index contributed by atoms with van der Waals surface area (Å²) in [5.41, 5.74) is 3.20. The van der Waals surface area contributed by atoms with Gasteiger partial charge in [-0.2, -0.15) is 15.5 Å². The molecule has 4 rings (SSSR count). The van der Waals surface area contributed by atoms with Crippen molar-refractivity contribution in [2.24, 2.45) is 5.92 Å². The molecule has 0 saturated heterocycles. The number of hydrogen-bond acceptors (Lipinski definition) is 8. The number of nitriles is 2. The highest BCUT2D eigenvalue weighted by atomic mass is 16.5. The van der Waals surface area contributed by atoms with E-state index in [1.165, 1.54) is 0 Å². The lowest BCUT2D eigenvalue weighted by Gasteiger charge is -2.28. The average Bonchev–Trinajstić information content (AvgIpc) is 3.11. The zero-order valence-electron chi connectivity index (χ0n) is 16.1. The number of aromatic nitrogens is 2. The highest BCUT2D eigenvalue weighted by Gasteiger charge is 2.31. The third-order valence-corrected chi connectivity index (χ3v) is 5.51. The summed E-state index contributed by atoms with van der Waals surface area (Å²) in [5, 5.41) is 35.3. The summed E-state index contributed by atoms with van der Waals surface area (Å²) < 4.78 is 5.22. The largest absolute Gasteiger partial charge is 0.493 e. The number of nitrogens with zero attached hydrogens (tertiary/aromatic N) is 4. The van der Waals surface area contributed by atoms with Crippen LogP contribution in [0.2, 0.25) is 0 Å². The molecule has 2 heterocycles. The molecule has 1 aliphatic heterocycles. The van der Waals surface area contributed by atoms with Gasteiger partial charge in [-0.15, -0.1) is 0 Å². The van der Waals surface area contributed by atoms with Crippen LogP contribution in [0.1, 0.15) is 42.4 Å². The fourth-order valence-electron chi connectivity index (χ4n) is 3.95. The standard InChI is InChI=1S/C20H21BN6O2/c1-12-10-24-20(27-19(12)26-17-5-3-2-4-13(17)8-22)25-16-6-14(9-23)18-15(7-16)11-29-21(18)28/h6-7,10,13,17,28H,2-5,11H2,1H3,(H2,24,25,26,27)/t13-,17+/m0/s1. The van der Waals surface area contributed by atoms with Crippen LogP contribution >= 0.6 is 0 Å². The topological polar surface area (TPSA) is 127 Å². The molecule has 0 amide bonds. The third-order valence-electron chi connectivity index (χ3n) is 5.51. The average molecular weight is 388 g/mol. The Morgan fingerprint density at radius 1 is 1.28 bits per heavy atom. The van der Waals surface area contributed by atoms with E-state index in [-0.39, 0.29) is 18.6 Å². The fourth-order valence-corrected chi connectivity index (χ4v) is 3.95. The van der Waals surface area contributed by atoms with E-state index < -0.39 is 7.12 Å². The minimum atomic E-state index is -1.07. The molecule has 146 valence electrons. The van der Waals surface area contributed by atoms with E-state index in [1.807, 2.05) is 13.0 Å². The van der Waals surface area contributed by atoms with Crippen LogP contribution in [0.4, 0.5) is 17.5 Å². The van der Waals surface area contributed by atoms with Crippen molar-refractivity contribution in [3.8, 4) is 12.1 Å². The van der Waals surface area contributed by atoms with Crippen LogP contribution in [0.3, 0.4) is 0 Å². The summed E-state index contributed by atoms with van der Waals surface area (Å²) in [5.74, 6) is 1.08. The molecule has 9 heteroatoms. The van der Waals surface area contributed by atoms with Crippen LogP contribution in [0, 0.1) is 35.5 Å². The molecule has 0 radical (unpaired) electrons. The third kappa shape index (κ3) is 3.88. The Hall–Kier alpha value is -3.14. The Labute approximate surface area is 169 Å². The van der Waals surface area contributed by atoms with Gasteiger partial charge >= 0.3 is 7.12 Å². The van der Waals surface area contributed by atoms with Gasteiger partial charge in [0.05, 0.1) is 30.2 Å². The predicted molar refractivity (Wildman–Crippen MR) is 109 cm³/mol. The maximum Gasteiger partial charge on any atom is 0.493 e. The molecular weight excluding hydrogens is 367 g/mol. The molecule has 0 bridgehead atoms. The monoisotopic (exact) mass is 388 g/mol. The van der Waals surface area contributed by atoms with E-state index in [0.29, 0.717) is 28.5 Å². The van der Waals surface area contributed by atoms with Crippen LogP contribution in [-0.4, -0.2) is 28.2 Å². The van der Waals surface area contributed by atoms with E-state index in [0.717, 1.165) is 36.8 Å². The lowest BCUT2D eigenvalue weighted by atomic mass is 9.76. The molecule has 2 aromatic rings. The number of aryl methyl sites for hydroxylation is 1. The molecule has 1 aliphatic carbocycles. The second-order valence-electron chi connectivity index (χ2n) is 7.49. The zero-order valence-corrected chi connectivity index (χ0v) is 16.1. The molecule has 8 nitrogen and oxygen atoms in total. The van der Waals surface area contributed by atoms with Crippen LogP contribution in [0.5, 0.6) is 0 Å². The minimum absolute atomic E-state index is 0.0177. The molecule has 1 saturated carbocycles. The normalized spacial score (nSPS) is 20.5. The van der Waals surface area contributed by atoms with E-state index >= 15 is 0 Å². The van der Waals surface area contributed by atoms with Crippen LogP contribution in [-0.2, 0) is 11.3 Å². The number of rotatable bonds is 4. The first kappa shape index (κ1) is 19.2. The Morgan fingerprint density at radius 2 is 2.10 bits per heavy atom. The predicted octanol–water partition coefficient (Wildman–Crippen LogP) is 2.11. The minimum Gasteiger partial charge on any atom is -0.423 e. The van der Waals surface area contributed by atoms with Gasteiger partial charge in [0.1, 0.15) is 5.82 Å². The quantitative estimate of drug-likeness (QED) is 0.680. The van der Waals surface area contributed by atoms with E-state index in [9.17, 15) is 15.5 Å². The molecular formula is C20H21BN6O2. The van der Waals surface area contributed by atoms with Gasteiger partial charge in [0.15, 0.2) is 0 Å². The van der Waals surface area contributed by atoms with Crippen molar-refractivity contribution in [2.75, 3.05) is 10.6 Å². The Kier molecular flexibility index (Phi) is 5.35. The lowest BCUT2D eigenvalue weighted by molar-refractivity contribution is 0.275. The highest BCUT2D eigenvalue weighted by molar-refractivity contribution is 6.62. The maximum atomic E-state index is 9.89. The molecule has 1 fully saturated rings. The Balaban J connectivity index is 1.57. The van der Waals surface area contributed by atoms with E-state index in [2.05, 4.69) is 32.7 Å². The molecule has 3 N–H and O–H groups in total. The number of fused-ring (bicyclic) bond motifs is 1. The van der Waals surface area contributed by atoms with Crippen LogP contribution in [0.15, 0.2) is 18.3 Å². The molecule has 1 aromatic heterocycles. The van der Waals surface area contributed by atoms with Crippen molar-refractivity contribution in [2.45, 2.75) is 45.3 Å². The molecule has 1 aromatic carbocycles. The van der Waals surface area contributed by atoms with Gasteiger partial charge in [-0.25, -0.2) is 4.98 Å². The smallest absolute Gasteiger partial charge is 0.423 e. The van der Waals surface area contributed by atoms with E-state index in [4.69, 9.17) is 4.65 Å². The Morgan fingerprint density at radius 3 is 2.90 bits per heavy atom. The van der Waals surface area contributed by atoms with E-state index in [1.54, 1.807) is 12.3 Å². The maximum absolute atomic E-state index is 9.89. The first-order valence-corrected chi connectivity index (χ1v) is 9.72. The van der Waals surface area contributed by atoms with Crippen molar-refractivity contribution in [1.82, 2.24) is 9.97 Å². The van der Waals surface area contributed by atoms with Gasteiger partial charge in [-0.1, -0.05) is 12.8 Å². The van der Waals surface area contributed by atoms with Gasteiger partial charge in [0, 0.05) is 29.0 Å². The Bertz CT molecular complexity index is 1020. The summed E-state index contributed by atoms with van der Waals surface area (Å²) in [6.07, 6.45) is 5.77. The summed E-state index contributed by atoms with van der Waals surface area (Å²) in [6.45, 7) is 2.18. The molecule has 0 spiro atoms. The van der Waals surface area contributed by atoms with Crippen molar-refractivity contribution in [1.29, 1.82) is 10.5 Å². The summed E-state index contributed by atoms with van der Waals surface area (Å²) in [7, 11) is -1.07. The number of nitrogens with one attached hydrogen (secondary N) is 2. The van der Waals surface area contributed by atoms with Gasteiger partial charge in [0.2, 0.25) is 5.95 Å². The summed E-state index contributed by atoms with van der Waals surface area (Å²) in [6, 6.07) is 8.07. The van der Waals surface area contributed by atoms with Gasteiger partial charge < -0.3 is 20.3 Å². The highest BCUT2D eigenvalue weighted by Crippen LogP contribution is 2.28. The second-order valence-corrected chi connectivity index (χ2v) is 7.49. The summed E-state index contributed by atoms with van der Waals surface area (Å²) in [4.78, 5) is 8.93. The first-order chi connectivity index (χ1) is 14.1. The van der Waals surface area contributed by atoms with Crippen LogP contribution in [0.25, 0.3) is 0 Å². The van der Waals surface area contributed by atoms with Crippen LogP contribution < -0.4 is 16.1 Å². The van der Waals surface area contributed by atoms with Crippen molar-refractivity contribution in [3.05, 3.63) is 35.0 Å². The second kappa shape index (κ2) is 8.08. The van der Waals surface area contributed by atoms with Gasteiger partial charge in [-0.3, -0.25) is 0 Å². The van der Waals surface area contributed by atoms with Gasteiger partial charge in [-0.05, 0) is 37.5 Å². The van der Waals surface area contributed by atoms with Crippen molar-refractivity contribution < 1.29 is 9.68 Å². The van der Waals surface area contributed by atoms with Crippen molar-refractivity contribution >= 4 is 30.0 Å².